The summed E-state index contributed by atoms with van der Waals surface area (Å²) in [5.41, 5.74) is 3.36. The van der Waals surface area contributed by atoms with Crippen molar-refractivity contribution >= 4 is 40.1 Å². The third-order valence-electron chi connectivity index (χ3n) is 6.81. The molecule has 0 radical (unpaired) electrons. The van der Waals surface area contributed by atoms with Gasteiger partial charge in [0.05, 0.1) is 19.3 Å². The summed E-state index contributed by atoms with van der Waals surface area (Å²) in [7, 11) is 1.34. The highest BCUT2D eigenvalue weighted by molar-refractivity contribution is 6.31. The van der Waals surface area contributed by atoms with Crippen LogP contribution in [-0.4, -0.2) is 52.1 Å². The average molecular weight is 486 g/mol. The lowest BCUT2D eigenvalue weighted by molar-refractivity contribution is -0.128. The number of benzene rings is 2. The van der Waals surface area contributed by atoms with Crippen LogP contribution < -0.4 is 4.90 Å². The van der Waals surface area contributed by atoms with Gasteiger partial charge in [0.1, 0.15) is 11.7 Å². The number of rotatable bonds is 3. The Labute approximate surface area is 206 Å². The van der Waals surface area contributed by atoms with E-state index in [-0.39, 0.29) is 25.5 Å². The summed E-state index contributed by atoms with van der Waals surface area (Å²) in [5, 5.41) is 2.45. The van der Waals surface area contributed by atoms with E-state index in [0.29, 0.717) is 5.02 Å². The van der Waals surface area contributed by atoms with E-state index in [9.17, 15) is 9.59 Å². The number of fused-ring (bicyclic) bond motifs is 3. The lowest BCUT2D eigenvalue weighted by atomic mass is 9.75. The first-order valence-electron chi connectivity index (χ1n) is 11.1. The second kappa shape index (κ2) is 8.02. The number of pyridine rings is 1. The molecule has 0 atom stereocenters. The van der Waals surface area contributed by atoms with E-state index in [1.807, 2.05) is 42.5 Å². The summed E-state index contributed by atoms with van der Waals surface area (Å²) < 4.78 is 4.85. The minimum absolute atomic E-state index is 0.0490. The molecule has 1 fully saturated rings. The van der Waals surface area contributed by atoms with E-state index in [0.717, 1.165) is 38.8 Å². The van der Waals surface area contributed by atoms with Crippen molar-refractivity contribution in [1.29, 1.82) is 0 Å². The third-order valence-corrected chi connectivity index (χ3v) is 7.04. The van der Waals surface area contributed by atoms with Crippen LogP contribution in [0.4, 0.5) is 10.5 Å². The second-order valence-electron chi connectivity index (χ2n) is 8.76. The van der Waals surface area contributed by atoms with Crippen LogP contribution in [0.15, 0.2) is 67.4 Å². The molecule has 2 aliphatic rings. The van der Waals surface area contributed by atoms with Crippen LogP contribution in [0.1, 0.15) is 11.3 Å². The van der Waals surface area contributed by atoms with Crippen molar-refractivity contribution in [3.8, 4) is 11.1 Å². The standard InChI is InChI=1S/C26H20ClN5O3/c1-35-25(34)31-13-26(14-31)20-4-2-3-5-22(20)32(24(26)33)12-21-23(17-9-28-15-29-10-17)19-7-6-18(27)8-16(19)11-30-21/h2-11,15H,12-14H2,1H3. The Morgan fingerprint density at radius 3 is 2.66 bits per heavy atom. The van der Waals surface area contributed by atoms with Crippen molar-refractivity contribution in [3.05, 3.63) is 83.7 Å². The molecule has 35 heavy (non-hydrogen) atoms. The maximum atomic E-state index is 13.9. The molecule has 0 aliphatic carbocycles. The molecule has 4 aromatic rings. The van der Waals surface area contributed by atoms with Crippen LogP contribution in [0.25, 0.3) is 21.9 Å². The van der Waals surface area contributed by atoms with Gasteiger partial charge in [-0.05, 0) is 29.1 Å². The van der Waals surface area contributed by atoms with Gasteiger partial charge >= 0.3 is 6.09 Å². The van der Waals surface area contributed by atoms with Gasteiger partial charge in [-0.15, -0.1) is 0 Å². The van der Waals surface area contributed by atoms with E-state index in [2.05, 4.69) is 9.97 Å². The number of likely N-dealkylation sites (tertiary alicyclic amines) is 1. The molecule has 0 bridgehead atoms. The Morgan fingerprint density at radius 2 is 1.89 bits per heavy atom. The van der Waals surface area contributed by atoms with Gasteiger partial charge in [0.25, 0.3) is 0 Å². The SMILES string of the molecule is COC(=O)N1CC2(C1)C(=O)N(Cc1ncc3cc(Cl)ccc3c1-c1cncnc1)c1ccccc12. The van der Waals surface area contributed by atoms with Gasteiger partial charge in [-0.1, -0.05) is 35.9 Å². The van der Waals surface area contributed by atoms with E-state index in [4.69, 9.17) is 21.3 Å². The van der Waals surface area contributed by atoms with Gasteiger partial charge in [-0.2, -0.15) is 0 Å². The summed E-state index contributed by atoms with van der Waals surface area (Å²) in [6.07, 6.45) is 6.30. The maximum Gasteiger partial charge on any atom is 0.409 e. The number of anilines is 1. The maximum absolute atomic E-state index is 13.9. The molecule has 174 valence electrons. The highest BCUT2D eigenvalue weighted by atomic mass is 35.5. The van der Waals surface area contributed by atoms with Gasteiger partial charge in [-0.25, -0.2) is 14.8 Å². The van der Waals surface area contributed by atoms with Crippen LogP contribution in [0.3, 0.4) is 0 Å². The molecule has 1 saturated heterocycles. The number of para-hydroxylation sites is 1. The molecule has 4 heterocycles. The fourth-order valence-electron chi connectivity index (χ4n) is 5.18. The zero-order valence-electron chi connectivity index (χ0n) is 18.8. The smallest absolute Gasteiger partial charge is 0.409 e. The number of amides is 2. The van der Waals surface area contributed by atoms with Crippen molar-refractivity contribution in [2.45, 2.75) is 12.0 Å². The minimum atomic E-state index is -0.773. The first-order valence-corrected chi connectivity index (χ1v) is 11.5. The first-order chi connectivity index (χ1) is 17.0. The Morgan fingerprint density at radius 1 is 1.11 bits per heavy atom. The Hall–Kier alpha value is -4.04. The van der Waals surface area contributed by atoms with E-state index < -0.39 is 11.5 Å². The van der Waals surface area contributed by atoms with Crippen molar-refractivity contribution in [1.82, 2.24) is 19.9 Å². The third kappa shape index (κ3) is 3.24. The quantitative estimate of drug-likeness (QED) is 0.432. The number of nitrogens with zero attached hydrogens (tertiary/aromatic N) is 5. The second-order valence-corrected chi connectivity index (χ2v) is 9.19. The summed E-state index contributed by atoms with van der Waals surface area (Å²) in [5.74, 6) is -0.0490. The number of aromatic nitrogens is 3. The van der Waals surface area contributed by atoms with Crippen LogP contribution in [0.2, 0.25) is 5.02 Å². The number of ether oxygens (including phenoxy) is 1. The zero-order valence-corrected chi connectivity index (χ0v) is 19.6. The first kappa shape index (κ1) is 21.5. The van der Waals surface area contributed by atoms with Gasteiger partial charge in [-0.3, -0.25) is 9.78 Å². The molecule has 2 aromatic carbocycles. The van der Waals surface area contributed by atoms with Crippen molar-refractivity contribution in [3.63, 3.8) is 0 Å². The number of halogens is 1. The highest BCUT2D eigenvalue weighted by Gasteiger charge is 2.59. The van der Waals surface area contributed by atoms with E-state index in [1.54, 1.807) is 28.4 Å². The molecule has 2 aliphatic heterocycles. The minimum Gasteiger partial charge on any atom is -0.453 e. The van der Waals surface area contributed by atoms with E-state index in [1.165, 1.54) is 13.4 Å². The number of methoxy groups -OCH3 is 1. The number of hydrogen-bond acceptors (Lipinski definition) is 6. The van der Waals surface area contributed by atoms with Crippen molar-refractivity contribution in [2.24, 2.45) is 0 Å². The van der Waals surface area contributed by atoms with Crippen molar-refractivity contribution < 1.29 is 14.3 Å². The monoisotopic (exact) mass is 485 g/mol. The molecule has 9 heteroatoms. The Bertz CT molecular complexity index is 1490. The van der Waals surface area contributed by atoms with E-state index >= 15 is 0 Å². The van der Waals surface area contributed by atoms with Crippen molar-refractivity contribution in [2.75, 3.05) is 25.1 Å². The molecular formula is C26H20ClN5O3. The number of carbonyl (C=O) groups is 2. The van der Waals surface area contributed by atoms with Gasteiger partial charge in [0.2, 0.25) is 5.91 Å². The van der Waals surface area contributed by atoms with Gasteiger partial charge < -0.3 is 14.5 Å². The summed E-state index contributed by atoms with van der Waals surface area (Å²) in [6, 6.07) is 13.4. The molecule has 1 spiro atoms. The number of hydrogen-bond donors (Lipinski definition) is 0. The average Bonchev–Trinajstić information content (AvgIpc) is 3.11. The molecule has 0 saturated carbocycles. The molecule has 2 amide bonds. The van der Waals surface area contributed by atoms with Crippen LogP contribution in [0, 0.1) is 0 Å². The topological polar surface area (TPSA) is 88.5 Å². The molecule has 0 unspecified atom stereocenters. The molecular weight excluding hydrogens is 466 g/mol. The highest BCUT2D eigenvalue weighted by Crippen LogP contribution is 2.48. The zero-order chi connectivity index (χ0) is 24.2. The summed E-state index contributed by atoms with van der Waals surface area (Å²) >= 11 is 6.23. The number of carbonyl (C=O) groups excluding carboxylic acids is 2. The Kier molecular flexibility index (Phi) is 4.93. The van der Waals surface area contributed by atoms with Crippen LogP contribution in [0.5, 0.6) is 0 Å². The lowest BCUT2D eigenvalue weighted by Crippen LogP contribution is -2.65. The fraction of sp³-hybridized carbons (Fsp3) is 0.192. The van der Waals surface area contributed by atoms with Crippen LogP contribution >= 0.6 is 11.6 Å². The fourth-order valence-corrected chi connectivity index (χ4v) is 5.36. The van der Waals surface area contributed by atoms with Crippen LogP contribution in [-0.2, 0) is 21.5 Å². The molecule has 2 aromatic heterocycles. The normalized spacial score (nSPS) is 15.9. The molecule has 0 N–H and O–H groups in total. The molecule has 6 rings (SSSR count). The predicted molar refractivity (Wildman–Crippen MR) is 131 cm³/mol. The lowest BCUT2D eigenvalue weighted by Gasteiger charge is -2.45. The Balaban J connectivity index is 1.44. The summed E-state index contributed by atoms with van der Waals surface area (Å²) in [4.78, 5) is 42.3. The van der Waals surface area contributed by atoms with Gasteiger partial charge in [0.15, 0.2) is 0 Å². The summed E-state index contributed by atoms with van der Waals surface area (Å²) in [6.45, 7) is 0.836. The predicted octanol–water partition coefficient (Wildman–Crippen LogP) is 4.21. The largest absolute Gasteiger partial charge is 0.453 e. The molecule has 8 nitrogen and oxygen atoms in total. The van der Waals surface area contributed by atoms with Gasteiger partial charge in [0, 0.05) is 58.9 Å².